The van der Waals surface area contributed by atoms with Gasteiger partial charge in [0.05, 0.1) is 0 Å². The van der Waals surface area contributed by atoms with Gasteiger partial charge >= 0.3 is 0 Å². The maximum absolute atomic E-state index is 12.6. The summed E-state index contributed by atoms with van der Waals surface area (Å²) < 4.78 is 12.6. The SMILES string of the molecule is CCNC(C)Cc1ccc(F)cc1. The average Bonchev–Trinajstić information content (AvgIpc) is 2.09. The van der Waals surface area contributed by atoms with Crippen LogP contribution in [0.25, 0.3) is 0 Å². The van der Waals surface area contributed by atoms with Gasteiger partial charge in [-0.15, -0.1) is 0 Å². The summed E-state index contributed by atoms with van der Waals surface area (Å²) in [5.41, 5.74) is 1.18. The maximum atomic E-state index is 12.6. The van der Waals surface area contributed by atoms with E-state index in [0.717, 1.165) is 13.0 Å². The summed E-state index contributed by atoms with van der Waals surface area (Å²) in [6.45, 7) is 5.19. The number of nitrogens with one attached hydrogen (secondary N) is 1. The Morgan fingerprint density at radius 3 is 2.46 bits per heavy atom. The molecule has 0 aliphatic carbocycles. The van der Waals surface area contributed by atoms with E-state index >= 15 is 0 Å². The van der Waals surface area contributed by atoms with E-state index in [1.165, 1.54) is 17.7 Å². The van der Waals surface area contributed by atoms with Crippen LogP contribution >= 0.6 is 0 Å². The van der Waals surface area contributed by atoms with Crippen molar-refractivity contribution in [2.75, 3.05) is 6.54 Å². The van der Waals surface area contributed by atoms with Crippen LogP contribution in [0.3, 0.4) is 0 Å². The molecule has 0 saturated carbocycles. The average molecular weight is 181 g/mol. The summed E-state index contributed by atoms with van der Waals surface area (Å²) in [6.07, 6.45) is 0.952. The third kappa shape index (κ3) is 3.55. The number of hydrogen-bond donors (Lipinski definition) is 1. The first kappa shape index (κ1) is 10.2. The second kappa shape index (κ2) is 4.97. The Kier molecular flexibility index (Phi) is 3.90. The summed E-state index contributed by atoms with van der Waals surface area (Å²) in [4.78, 5) is 0. The van der Waals surface area contributed by atoms with Crippen LogP contribution in [0.2, 0.25) is 0 Å². The maximum Gasteiger partial charge on any atom is 0.123 e. The van der Waals surface area contributed by atoms with Crippen molar-refractivity contribution < 1.29 is 4.39 Å². The molecule has 2 heteroatoms. The molecule has 0 amide bonds. The highest BCUT2D eigenvalue weighted by molar-refractivity contribution is 5.16. The molecule has 72 valence electrons. The van der Waals surface area contributed by atoms with Crippen LogP contribution in [-0.4, -0.2) is 12.6 Å². The highest BCUT2D eigenvalue weighted by Crippen LogP contribution is 2.05. The first-order chi connectivity index (χ1) is 6.22. The first-order valence-electron chi connectivity index (χ1n) is 4.70. The van der Waals surface area contributed by atoms with Crippen molar-refractivity contribution in [3.63, 3.8) is 0 Å². The van der Waals surface area contributed by atoms with E-state index in [-0.39, 0.29) is 5.82 Å². The fourth-order valence-electron chi connectivity index (χ4n) is 1.39. The molecule has 0 aliphatic heterocycles. The van der Waals surface area contributed by atoms with Crippen molar-refractivity contribution in [3.05, 3.63) is 35.6 Å². The third-order valence-corrected chi connectivity index (χ3v) is 2.01. The van der Waals surface area contributed by atoms with E-state index in [2.05, 4.69) is 19.2 Å². The first-order valence-corrected chi connectivity index (χ1v) is 4.70. The minimum absolute atomic E-state index is 0.167. The van der Waals surface area contributed by atoms with Crippen LogP contribution in [0.5, 0.6) is 0 Å². The normalized spacial score (nSPS) is 12.8. The summed E-state index contributed by atoms with van der Waals surface area (Å²) in [5.74, 6) is -0.167. The van der Waals surface area contributed by atoms with Crippen molar-refractivity contribution in [1.29, 1.82) is 0 Å². The molecule has 1 nitrogen and oxygen atoms in total. The summed E-state index contributed by atoms with van der Waals surface area (Å²) >= 11 is 0. The monoisotopic (exact) mass is 181 g/mol. The van der Waals surface area contributed by atoms with Crippen LogP contribution in [0.1, 0.15) is 19.4 Å². The molecule has 0 fully saturated rings. The van der Waals surface area contributed by atoms with E-state index in [4.69, 9.17) is 0 Å². The van der Waals surface area contributed by atoms with Gasteiger partial charge in [0.25, 0.3) is 0 Å². The van der Waals surface area contributed by atoms with Gasteiger partial charge < -0.3 is 5.32 Å². The number of rotatable bonds is 4. The number of likely N-dealkylation sites (N-methyl/N-ethyl adjacent to an activating group) is 1. The standard InChI is InChI=1S/C11H16FN/c1-3-13-9(2)8-10-4-6-11(12)7-5-10/h4-7,9,13H,3,8H2,1-2H3. The van der Waals surface area contributed by atoms with Crippen molar-refractivity contribution in [2.24, 2.45) is 0 Å². The minimum Gasteiger partial charge on any atom is -0.314 e. The molecule has 1 N–H and O–H groups in total. The second-order valence-electron chi connectivity index (χ2n) is 3.29. The fraction of sp³-hybridized carbons (Fsp3) is 0.455. The quantitative estimate of drug-likeness (QED) is 0.752. The lowest BCUT2D eigenvalue weighted by molar-refractivity contribution is 0.564. The molecule has 1 aromatic rings. The molecule has 1 atom stereocenters. The van der Waals surface area contributed by atoms with Gasteiger partial charge in [-0.2, -0.15) is 0 Å². The summed E-state index contributed by atoms with van der Waals surface area (Å²) in [5, 5.41) is 3.31. The van der Waals surface area contributed by atoms with Crippen LogP contribution in [0, 0.1) is 5.82 Å². The van der Waals surface area contributed by atoms with Gasteiger partial charge in [-0.25, -0.2) is 4.39 Å². The van der Waals surface area contributed by atoms with Crippen molar-refractivity contribution in [3.8, 4) is 0 Å². The minimum atomic E-state index is -0.167. The Morgan fingerprint density at radius 2 is 1.92 bits per heavy atom. The molecule has 1 aromatic carbocycles. The molecule has 0 aliphatic rings. The van der Waals surface area contributed by atoms with Gasteiger partial charge in [-0.05, 0) is 37.6 Å². The molecular weight excluding hydrogens is 165 g/mol. The van der Waals surface area contributed by atoms with Crippen molar-refractivity contribution in [2.45, 2.75) is 26.3 Å². The zero-order valence-corrected chi connectivity index (χ0v) is 8.18. The molecule has 0 saturated heterocycles. The van der Waals surface area contributed by atoms with Gasteiger partial charge in [0.1, 0.15) is 5.82 Å². The second-order valence-corrected chi connectivity index (χ2v) is 3.29. The Bertz CT molecular complexity index is 243. The van der Waals surface area contributed by atoms with E-state index in [0.29, 0.717) is 6.04 Å². The smallest absolute Gasteiger partial charge is 0.123 e. The molecule has 1 unspecified atom stereocenters. The van der Waals surface area contributed by atoms with Crippen LogP contribution in [0.4, 0.5) is 4.39 Å². The van der Waals surface area contributed by atoms with E-state index in [1.54, 1.807) is 0 Å². The van der Waals surface area contributed by atoms with Crippen molar-refractivity contribution in [1.82, 2.24) is 5.32 Å². The number of halogens is 1. The van der Waals surface area contributed by atoms with Crippen LogP contribution < -0.4 is 5.32 Å². The van der Waals surface area contributed by atoms with Gasteiger partial charge in [0.2, 0.25) is 0 Å². The zero-order chi connectivity index (χ0) is 9.68. The van der Waals surface area contributed by atoms with Crippen LogP contribution in [-0.2, 0) is 6.42 Å². The summed E-state index contributed by atoms with van der Waals surface area (Å²) in [6, 6.07) is 7.14. The summed E-state index contributed by atoms with van der Waals surface area (Å²) in [7, 11) is 0. The number of benzene rings is 1. The molecule has 13 heavy (non-hydrogen) atoms. The van der Waals surface area contributed by atoms with Gasteiger partial charge in [0, 0.05) is 6.04 Å². The van der Waals surface area contributed by atoms with Gasteiger partial charge in [0.15, 0.2) is 0 Å². The zero-order valence-electron chi connectivity index (χ0n) is 8.18. The molecule has 0 aromatic heterocycles. The van der Waals surface area contributed by atoms with Crippen LogP contribution in [0.15, 0.2) is 24.3 Å². The lowest BCUT2D eigenvalue weighted by Gasteiger charge is -2.11. The Hall–Kier alpha value is -0.890. The lowest BCUT2D eigenvalue weighted by Crippen LogP contribution is -2.27. The highest BCUT2D eigenvalue weighted by Gasteiger charge is 2.01. The lowest BCUT2D eigenvalue weighted by atomic mass is 10.1. The number of hydrogen-bond acceptors (Lipinski definition) is 1. The van der Waals surface area contributed by atoms with Gasteiger partial charge in [-0.3, -0.25) is 0 Å². The Balaban J connectivity index is 2.49. The van der Waals surface area contributed by atoms with E-state index < -0.39 is 0 Å². The largest absolute Gasteiger partial charge is 0.314 e. The van der Waals surface area contributed by atoms with E-state index in [9.17, 15) is 4.39 Å². The predicted molar refractivity (Wildman–Crippen MR) is 53.2 cm³/mol. The predicted octanol–water partition coefficient (Wildman–Crippen LogP) is 2.37. The van der Waals surface area contributed by atoms with Gasteiger partial charge in [-0.1, -0.05) is 19.1 Å². The molecular formula is C11H16FN. The van der Waals surface area contributed by atoms with E-state index in [1.807, 2.05) is 12.1 Å². The molecule has 0 bridgehead atoms. The third-order valence-electron chi connectivity index (χ3n) is 2.01. The molecule has 1 rings (SSSR count). The molecule has 0 radical (unpaired) electrons. The Labute approximate surface area is 79.0 Å². The fourth-order valence-corrected chi connectivity index (χ4v) is 1.39. The molecule has 0 spiro atoms. The highest BCUT2D eigenvalue weighted by atomic mass is 19.1. The molecule has 0 heterocycles. The van der Waals surface area contributed by atoms with Crippen molar-refractivity contribution >= 4 is 0 Å². The Morgan fingerprint density at radius 1 is 1.31 bits per heavy atom. The topological polar surface area (TPSA) is 12.0 Å².